The number of hydrogen-bond acceptors (Lipinski definition) is 2. The fourth-order valence-corrected chi connectivity index (χ4v) is 3.88. The van der Waals surface area contributed by atoms with Gasteiger partial charge >= 0.3 is 0 Å². The summed E-state index contributed by atoms with van der Waals surface area (Å²) in [5.74, 6) is 0.492. The SMILES string of the molecule is CC(C(=O)N1CCC(Cc2ccccc2)C1C)C(N)c1ccccc1.Cl. The number of nitrogens with zero attached hydrogens (tertiary/aromatic N) is 1. The third kappa shape index (κ3) is 4.46. The van der Waals surface area contributed by atoms with Crippen molar-refractivity contribution < 1.29 is 4.79 Å². The Morgan fingerprint density at radius 3 is 2.31 bits per heavy atom. The Kier molecular flexibility index (Phi) is 7.24. The smallest absolute Gasteiger partial charge is 0.227 e. The molecule has 0 saturated carbocycles. The van der Waals surface area contributed by atoms with Crippen molar-refractivity contribution in [3.63, 3.8) is 0 Å². The minimum Gasteiger partial charge on any atom is -0.339 e. The number of carbonyl (C=O) groups is 1. The van der Waals surface area contributed by atoms with Gasteiger partial charge < -0.3 is 10.6 Å². The van der Waals surface area contributed by atoms with Gasteiger partial charge in [0.1, 0.15) is 0 Å². The summed E-state index contributed by atoms with van der Waals surface area (Å²) in [5.41, 5.74) is 8.74. The van der Waals surface area contributed by atoms with Crippen molar-refractivity contribution in [1.29, 1.82) is 0 Å². The lowest BCUT2D eigenvalue weighted by Gasteiger charge is -2.30. The van der Waals surface area contributed by atoms with E-state index in [1.807, 2.05) is 48.2 Å². The fourth-order valence-electron chi connectivity index (χ4n) is 3.88. The standard InChI is InChI=1S/C22H28N2O.ClH/c1-16(21(23)19-11-7-4-8-12-19)22(25)24-14-13-20(17(24)2)15-18-9-5-3-6-10-18;/h3-12,16-17,20-21H,13-15,23H2,1-2H3;1H. The monoisotopic (exact) mass is 372 g/mol. The number of halogens is 1. The molecule has 140 valence electrons. The molecule has 0 aliphatic carbocycles. The van der Waals surface area contributed by atoms with E-state index < -0.39 is 0 Å². The van der Waals surface area contributed by atoms with Gasteiger partial charge in [-0.25, -0.2) is 0 Å². The second kappa shape index (κ2) is 9.20. The molecule has 1 saturated heterocycles. The molecule has 4 heteroatoms. The van der Waals surface area contributed by atoms with Crippen LogP contribution >= 0.6 is 12.4 Å². The molecule has 4 unspecified atom stereocenters. The molecule has 1 heterocycles. The molecule has 2 aromatic rings. The van der Waals surface area contributed by atoms with Crippen LogP contribution in [0.3, 0.4) is 0 Å². The molecule has 2 aromatic carbocycles. The van der Waals surface area contributed by atoms with Gasteiger partial charge in [0.2, 0.25) is 5.91 Å². The average molecular weight is 373 g/mol. The first-order valence-corrected chi connectivity index (χ1v) is 9.23. The Labute approximate surface area is 163 Å². The summed E-state index contributed by atoms with van der Waals surface area (Å²) in [6.45, 7) is 4.97. The summed E-state index contributed by atoms with van der Waals surface area (Å²) < 4.78 is 0. The summed E-state index contributed by atoms with van der Waals surface area (Å²) in [4.78, 5) is 15.1. The second-order valence-corrected chi connectivity index (χ2v) is 7.24. The first-order valence-electron chi connectivity index (χ1n) is 9.23. The van der Waals surface area contributed by atoms with E-state index in [2.05, 4.69) is 31.2 Å². The van der Waals surface area contributed by atoms with Gasteiger partial charge in [-0.05, 0) is 36.8 Å². The molecule has 1 amide bonds. The van der Waals surface area contributed by atoms with E-state index in [1.54, 1.807) is 0 Å². The topological polar surface area (TPSA) is 46.3 Å². The zero-order chi connectivity index (χ0) is 17.8. The maximum atomic E-state index is 13.0. The van der Waals surface area contributed by atoms with Crippen molar-refractivity contribution in [1.82, 2.24) is 4.90 Å². The highest BCUT2D eigenvalue weighted by Crippen LogP contribution is 2.31. The molecule has 4 atom stereocenters. The van der Waals surface area contributed by atoms with Crippen molar-refractivity contribution in [2.45, 2.75) is 38.8 Å². The molecule has 1 aliphatic rings. The Hall–Kier alpha value is -1.84. The van der Waals surface area contributed by atoms with Crippen molar-refractivity contribution in [2.75, 3.05) is 6.54 Å². The third-order valence-electron chi connectivity index (χ3n) is 5.65. The van der Waals surface area contributed by atoms with Gasteiger partial charge in [-0.3, -0.25) is 4.79 Å². The average Bonchev–Trinajstić information content (AvgIpc) is 3.02. The second-order valence-electron chi connectivity index (χ2n) is 7.24. The molecular weight excluding hydrogens is 344 g/mol. The van der Waals surface area contributed by atoms with Crippen LogP contribution in [0.1, 0.15) is 37.4 Å². The van der Waals surface area contributed by atoms with E-state index in [-0.39, 0.29) is 36.3 Å². The summed E-state index contributed by atoms with van der Waals surface area (Å²) in [6, 6.07) is 20.5. The maximum absolute atomic E-state index is 13.0. The number of benzene rings is 2. The van der Waals surface area contributed by atoms with E-state index in [0.717, 1.165) is 24.9 Å². The van der Waals surface area contributed by atoms with Crippen LogP contribution in [0.15, 0.2) is 60.7 Å². The highest BCUT2D eigenvalue weighted by Gasteiger charge is 2.37. The Morgan fingerprint density at radius 2 is 1.69 bits per heavy atom. The molecule has 0 radical (unpaired) electrons. The van der Waals surface area contributed by atoms with Crippen LogP contribution in [0, 0.1) is 11.8 Å². The molecular formula is C22H29ClN2O. The van der Waals surface area contributed by atoms with Gasteiger partial charge in [0.15, 0.2) is 0 Å². The molecule has 0 aromatic heterocycles. The van der Waals surface area contributed by atoms with Crippen LogP contribution in [0.2, 0.25) is 0 Å². The van der Waals surface area contributed by atoms with Gasteiger partial charge in [0, 0.05) is 18.6 Å². The molecule has 26 heavy (non-hydrogen) atoms. The predicted octanol–water partition coefficient (Wildman–Crippen LogP) is 4.22. The van der Waals surface area contributed by atoms with Crippen molar-refractivity contribution in [3.8, 4) is 0 Å². The minimum absolute atomic E-state index is 0. The van der Waals surface area contributed by atoms with E-state index >= 15 is 0 Å². The normalized spacial score (nSPS) is 21.7. The minimum atomic E-state index is -0.255. The number of rotatable bonds is 5. The van der Waals surface area contributed by atoms with E-state index in [0.29, 0.717) is 5.92 Å². The van der Waals surface area contributed by atoms with Gasteiger partial charge in [-0.2, -0.15) is 0 Å². The lowest BCUT2D eigenvalue weighted by Crippen LogP contribution is -2.42. The van der Waals surface area contributed by atoms with Crippen LogP contribution in [0.4, 0.5) is 0 Å². The zero-order valence-corrected chi connectivity index (χ0v) is 16.4. The number of carbonyl (C=O) groups excluding carboxylic acids is 1. The van der Waals surface area contributed by atoms with Gasteiger partial charge in [-0.15, -0.1) is 12.4 Å². The van der Waals surface area contributed by atoms with Gasteiger partial charge in [0.25, 0.3) is 0 Å². The van der Waals surface area contributed by atoms with E-state index in [4.69, 9.17) is 5.73 Å². The van der Waals surface area contributed by atoms with Crippen molar-refractivity contribution in [2.24, 2.45) is 17.6 Å². The lowest BCUT2D eigenvalue weighted by atomic mass is 9.92. The van der Waals surface area contributed by atoms with Gasteiger partial charge in [0.05, 0.1) is 5.92 Å². The van der Waals surface area contributed by atoms with Crippen LogP contribution < -0.4 is 5.73 Å². The molecule has 0 bridgehead atoms. The highest BCUT2D eigenvalue weighted by molar-refractivity contribution is 5.85. The Bertz CT molecular complexity index is 692. The van der Waals surface area contributed by atoms with Crippen LogP contribution in [-0.4, -0.2) is 23.4 Å². The molecule has 0 spiro atoms. The van der Waals surface area contributed by atoms with Crippen LogP contribution in [0.25, 0.3) is 0 Å². The number of likely N-dealkylation sites (tertiary alicyclic amines) is 1. The van der Waals surface area contributed by atoms with Crippen molar-refractivity contribution in [3.05, 3.63) is 71.8 Å². The number of amides is 1. The Balaban J connectivity index is 0.00000243. The first kappa shape index (κ1) is 20.5. The molecule has 3 nitrogen and oxygen atoms in total. The van der Waals surface area contributed by atoms with Crippen LogP contribution in [0.5, 0.6) is 0 Å². The van der Waals surface area contributed by atoms with E-state index in [9.17, 15) is 4.79 Å². The Morgan fingerprint density at radius 1 is 1.12 bits per heavy atom. The molecule has 2 N–H and O–H groups in total. The number of nitrogens with two attached hydrogens (primary N) is 1. The van der Waals surface area contributed by atoms with Crippen molar-refractivity contribution >= 4 is 18.3 Å². The molecule has 3 rings (SSSR count). The quantitative estimate of drug-likeness (QED) is 0.853. The lowest BCUT2D eigenvalue weighted by molar-refractivity contribution is -0.136. The summed E-state index contributed by atoms with van der Waals surface area (Å²) in [7, 11) is 0. The highest BCUT2D eigenvalue weighted by atomic mass is 35.5. The zero-order valence-electron chi connectivity index (χ0n) is 15.5. The summed E-state index contributed by atoms with van der Waals surface area (Å²) in [6.07, 6.45) is 2.10. The molecule has 1 fully saturated rings. The summed E-state index contributed by atoms with van der Waals surface area (Å²) in [5, 5.41) is 0. The third-order valence-corrected chi connectivity index (χ3v) is 5.65. The summed E-state index contributed by atoms with van der Waals surface area (Å²) >= 11 is 0. The van der Waals surface area contributed by atoms with E-state index in [1.165, 1.54) is 5.56 Å². The fraction of sp³-hybridized carbons (Fsp3) is 0.409. The largest absolute Gasteiger partial charge is 0.339 e. The number of hydrogen-bond donors (Lipinski definition) is 1. The predicted molar refractivity (Wildman–Crippen MR) is 109 cm³/mol. The van der Waals surface area contributed by atoms with Crippen LogP contribution in [-0.2, 0) is 11.2 Å². The maximum Gasteiger partial charge on any atom is 0.227 e. The first-order chi connectivity index (χ1) is 12.1. The molecule has 1 aliphatic heterocycles. The van der Waals surface area contributed by atoms with Gasteiger partial charge in [-0.1, -0.05) is 67.6 Å².